The van der Waals surface area contributed by atoms with Gasteiger partial charge in [-0.15, -0.1) is 0 Å². The Morgan fingerprint density at radius 2 is 2.27 bits per heavy atom. The van der Waals surface area contributed by atoms with Gasteiger partial charge in [-0.25, -0.2) is 4.79 Å². The minimum absolute atomic E-state index is 0.222. The number of carbonyl (C=O) groups is 2. The van der Waals surface area contributed by atoms with E-state index in [1.165, 1.54) is 0 Å². The number of rotatable bonds is 3. The van der Waals surface area contributed by atoms with Gasteiger partial charge in [0.1, 0.15) is 11.2 Å². The third kappa shape index (κ3) is 1.70. The van der Waals surface area contributed by atoms with Crippen molar-refractivity contribution in [1.82, 2.24) is 15.5 Å². The smallest absolute Gasteiger partial charge is 0.329 e. The highest BCUT2D eigenvalue weighted by atomic mass is 16.4. The number of aryl methyl sites for hydroxylation is 1. The SMILES string of the molecule is Cc1cc(C(=O)NC2(C(=O)O)CC2)n[nH]1. The normalized spacial score (nSPS) is 17.1. The first-order valence-electron chi connectivity index (χ1n) is 4.61. The van der Waals surface area contributed by atoms with Crippen LogP contribution < -0.4 is 5.32 Å². The molecule has 6 heteroatoms. The number of aliphatic carboxylic acids is 1. The highest BCUT2D eigenvalue weighted by Crippen LogP contribution is 2.35. The summed E-state index contributed by atoms with van der Waals surface area (Å²) in [5.41, 5.74) is -0.0652. The third-order valence-electron chi connectivity index (χ3n) is 2.45. The Morgan fingerprint density at radius 3 is 2.67 bits per heavy atom. The summed E-state index contributed by atoms with van der Waals surface area (Å²) < 4.78 is 0. The highest BCUT2D eigenvalue weighted by molar-refractivity contribution is 5.97. The van der Waals surface area contributed by atoms with E-state index in [0.29, 0.717) is 12.8 Å². The fourth-order valence-electron chi connectivity index (χ4n) is 1.33. The van der Waals surface area contributed by atoms with Crippen LogP contribution in [0.2, 0.25) is 0 Å². The molecule has 0 spiro atoms. The lowest BCUT2D eigenvalue weighted by atomic mass is 10.2. The van der Waals surface area contributed by atoms with Gasteiger partial charge in [0.05, 0.1) is 0 Å². The number of nitrogens with zero attached hydrogens (tertiary/aromatic N) is 1. The number of hydrogen-bond donors (Lipinski definition) is 3. The second kappa shape index (κ2) is 3.08. The summed E-state index contributed by atoms with van der Waals surface area (Å²) >= 11 is 0. The Balaban J connectivity index is 2.08. The largest absolute Gasteiger partial charge is 0.480 e. The molecule has 0 radical (unpaired) electrons. The lowest BCUT2D eigenvalue weighted by Gasteiger charge is -2.10. The van der Waals surface area contributed by atoms with Gasteiger partial charge in [-0.05, 0) is 25.8 Å². The molecule has 1 heterocycles. The number of carboxylic acids is 1. The van der Waals surface area contributed by atoms with Crippen molar-refractivity contribution in [3.63, 3.8) is 0 Å². The van der Waals surface area contributed by atoms with Gasteiger partial charge in [0, 0.05) is 5.69 Å². The van der Waals surface area contributed by atoms with Crippen LogP contribution in [0.1, 0.15) is 29.0 Å². The predicted octanol–water partition coefficient (Wildman–Crippen LogP) is 0.0651. The van der Waals surface area contributed by atoms with Crippen LogP contribution in [0.3, 0.4) is 0 Å². The Bertz CT molecular complexity index is 420. The fourth-order valence-corrected chi connectivity index (χ4v) is 1.33. The van der Waals surface area contributed by atoms with E-state index in [1.54, 1.807) is 13.0 Å². The number of carbonyl (C=O) groups excluding carboxylic acids is 1. The molecule has 1 aliphatic carbocycles. The Kier molecular flexibility index (Phi) is 1.99. The second-order valence-electron chi connectivity index (χ2n) is 3.78. The van der Waals surface area contributed by atoms with Crippen LogP contribution in [0.15, 0.2) is 6.07 Å². The van der Waals surface area contributed by atoms with Gasteiger partial charge < -0.3 is 10.4 Å². The number of aromatic amines is 1. The molecule has 1 fully saturated rings. The first-order valence-corrected chi connectivity index (χ1v) is 4.61. The van der Waals surface area contributed by atoms with E-state index in [9.17, 15) is 9.59 Å². The summed E-state index contributed by atoms with van der Waals surface area (Å²) in [6.07, 6.45) is 0.967. The van der Waals surface area contributed by atoms with Crippen molar-refractivity contribution < 1.29 is 14.7 Å². The molecule has 6 nitrogen and oxygen atoms in total. The van der Waals surface area contributed by atoms with Crippen LogP contribution in [0.25, 0.3) is 0 Å². The van der Waals surface area contributed by atoms with E-state index in [0.717, 1.165) is 5.69 Å². The van der Waals surface area contributed by atoms with Crippen molar-refractivity contribution in [2.75, 3.05) is 0 Å². The minimum Gasteiger partial charge on any atom is -0.480 e. The summed E-state index contributed by atoms with van der Waals surface area (Å²) in [4.78, 5) is 22.4. The maximum Gasteiger partial charge on any atom is 0.329 e. The number of amides is 1. The van der Waals surface area contributed by atoms with Gasteiger partial charge in [-0.2, -0.15) is 5.10 Å². The summed E-state index contributed by atoms with van der Waals surface area (Å²) in [5, 5.41) is 17.7. The molecule has 0 atom stereocenters. The molecule has 2 rings (SSSR count). The maximum atomic E-state index is 11.6. The van der Waals surface area contributed by atoms with E-state index in [2.05, 4.69) is 15.5 Å². The van der Waals surface area contributed by atoms with Gasteiger partial charge in [0.25, 0.3) is 5.91 Å². The first-order chi connectivity index (χ1) is 7.03. The monoisotopic (exact) mass is 209 g/mol. The zero-order valence-corrected chi connectivity index (χ0v) is 8.20. The molecular formula is C9H11N3O3. The Morgan fingerprint density at radius 1 is 1.60 bits per heavy atom. The Hall–Kier alpha value is -1.85. The van der Waals surface area contributed by atoms with Crippen molar-refractivity contribution in [2.24, 2.45) is 0 Å². The zero-order chi connectivity index (χ0) is 11.1. The van der Waals surface area contributed by atoms with E-state index < -0.39 is 17.4 Å². The van der Waals surface area contributed by atoms with E-state index in [-0.39, 0.29) is 5.69 Å². The molecular weight excluding hydrogens is 198 g/mol. The lowest BCUT2D eigenvalue weighted by molar-refractivity contribution is -0.140. The number of hydrogen-bond acceptors (Lipinski definition) is 3. The molecule has 1 saturated carbocycles. The average molecular weight is 209 g/mol. The molecule has 3 N–H and O–H groups in total. The molecule has 0 bridgehead atoms. The van der Waals surface area contributed by atoms with Crippen LogP contribution in [0, 0.1) is 6.92 Å². The van der Waals surface area contributed by atoms with Crippen LogP contribution in [-0.2, 0) is 4.79 Å². The molecule has 0 aliphatic heterocycles. The number of H-pyrrole nitrogens is 1. The van der Waals surface area contributed by atoms with Crippen molar-refractivity contribution >= 4 is 11.9 Å². The number of nitrogens with one attached hydrogen (secondary N) is 2. The molecule has 0 unspecified atom stereocenters. The second-order valence-corrected chi connectivity index (χ2v) is 3.78. The van der Waals surface area contributed by atoms with Crippen LogP contribution in [-0.4, -0.2) is 32.7 Å². The third-order valence-corrected chi connectivity index (χ3v) is 2.45. The molecule has 1 aromatic heterocycles. The van der Waals surface area contributed by atoms with Crippen molar-refractivity contribution in [3.8, 4) is 0 Å². The van der Waals surface area contributed by atoms with Gasteiger partial charge >= 0.3 is 5.97 Å². The average Bonchev–Trinajstić information content (AvgIpc) is 2.82. The Labute approximate surface area is 85.7 Å². The first kappa shape index (κ1) is 9.70. The van der Waals surface area contributed by atoms with Crippen molar-refractivity contribution in [3.05, 3.63) is 17.5 Å². The van der Waals surface area contributed by atoms with E-state index in [4.69, 9.17) is 5.11 Å². The zero-order valence-electron chi connectivity index (χ0n) is 8.20. The molecule has 0 aromatic carbocycles. The van der Waals surface area contributed by atoms with Crippen LogP contribution >= 0.6 is 0 Å². The van der Waals surface area contributed by atoms with E-state index >= 15 is 0 Å². The number of aromatic nitrogens is 2. The van der Waals surface area contributed by atoms with Crippen LogP contribution in [0.4, 0.5) is 0 Å². The molecule has 1 amide bonds. The molecule has 15 heavy (non-hydrogen) atoms. The standard InChI is InChI=1S/C9H11N3O3/c1-5-4-6(12-11-5)7(13)10-9(2-3-9)8(14)15/h4H,2-3H2,1H3,(H,10,13)(H,11,12)(H,14,15). The minimum atomic E-state index is -1.05. The van der Waals surface area contributed by atoms with Crippen molar-refractivity contribution in [1.29, 1.82) is 0 Å². The van der Waals surface area contributed by atoms with E-state index in [1.807, 2.05) is 0 Å². The fraction of sp³-hybridized carbons (Fsp3) is 0.444. The van der Waals surface area contributed by atoms with Gasteiger partial charge in [0.2, 0.25) is 0 Å². The maximum absolute atomic E-state index is 11.6. The summed E-state index contributed by atoms with van der Waals surface area (Å²) in [7, 11) is 0. The molecule has 80 valence electrons. The molecule has 1 aromatic rings. The van der Waals surface area contributed by atoms with Crippen molar-refractivity contribution in [2.45, 2.75) is 25.3 Å². The van der Waals surface area contributed by atoms with Gasteiger partial charge in [0.15, 0.2) is 0 Å². The summed E-state index contributed by atoms with van der Waals surface area (Å²) in [5.74, 6) is -1.43. The molecule has 1 aliphatic rings. The van der Waals surface area contributed by atoms with Crippen LogP contribution in [0.5, 0.6) is 0 Å². The topological polar surface area (TPSA) is 95.1 Å². The lowest BCUT2D eigenvalue weighted by Crippen LogP contribution is -2.43. The highest BCUT2D eigenvalue weighted by Gasteiger charge is 2.51. The van der Waals surface area contributed by atoms with Gasteiger partial charge in [-0.3, -0.25) is 9.89 Å². The number of carboxylic acid groups (broad SMARTS) is 1. The summed E-state index contributed by atoms with van der Waals surface area (Å²) in [6.45, 7) is 1.77. The van der Waals surface area contributed by atoms with Gasteiger partial charge in [-0.1, -0.05) is 0 Å². The quantitative estimate of drug-likeness (QED) is 0.656. The molecule has 0 saturated heterocycles. The summed E-state index contributed by atoms with van der Waals surface area (Å²) in [6, 6.07) is 1.58. The predicted molar refractivity (Wildman–Crippen MR) is 50.4 cm³/mol.